The fourth-order valence-electron chi connectivity index (χ4n) is 3.48. The highest BCUT2D eigenvalue weighted by Crippen LogP contribution is 2.46. The Labute approximate surface area is 170 Å². The summed E-state index contributed by atoms with van der Waals surface area (Å²) >= 11 is 0. The van der Waals surface area contributed by atoms with Crippen molar-refractivity contribution >= 4 is 17.8 Å². The summed E-state index contributed by atoms with van der Waals surface area (Å²) in [6, 6.07) is 6.41. The summed E-state index contributed by atoms with van der Waals surface area (Å²) in [5.41, 5.74) is 1.45. The van der Waals surface area contributed by atoms with Gasteiger partial charge in [-0.15, -0.1) is 0 Å². The molecule has 1 aromatic rings. The molecule has 11 heteroatoms. The molecule has 1 spiro atoms. The zero-order valence-corrected chi connectivity index (χ0v) is 15.7. The van der Waals surface area contributed by atoms with Gasteiger partial charge in [-0.3, -0.25) is 24.5 Å². The largest absolute Gasteiger partial charge is 0.481 e. The highest BCUT2D eigenvalue weighted by atomic mass is 16.6. The number of carbonyl (C=O) groups is 3. The van der Waals surface area contributed by atoms with E-state index in [1.165, 1.54) is 17.0 Å². The molecule has 158 valence electrons. The smallest absolute Gasteiger partial charge is 0.336 e. The van der Waals surface area contributed by atoms with E-state index in [1.807, 2.05) is 0 Å². The number of amides is 1. The van der Waals surface area contributed by atoms with Gasteiger partial charge in [0.25, 0.3) is 11.6 Å². The first-order chi connectivity index (χ1) is 14.3. The van der Waals surface area contributed by atoms with Gasteiger partial charge in [-0.05, 0) is 18.1 Å². The second-order valence-corrected chi connectivity index (χ2v) is 6.78. The zero-order valence-electron chi connectivity index (χ0n) is 15.7. The molecule has 1 amide bonds. The van der Waals surface area contributed by atoms with Crippen molar-refractivity contribution < 1.29 is 34.4 Å². The van der Waals surface area contributed by atoms with Crippen molar-refractivity contribution in [3.05, 3.63) is 69.4 Å². The van der Waals surface area contributed by atoms with Crippen LogP contribution >= 0.6 is 0 Å². The monoisotopic (exact) mass is 417 g/mol. The Bertz CT molecular complexity index is 957. The molecule has 2 atom stereocenters. The molecule has 0 aromatic heterocycles. The molecule has 0 bridgehead atoms. The van der Waals surface area contributed by atoms with E-state index in [2.05, 4.69) is 5.48 Å². The lowest BCUT2D eigenvalue weighted by atomic mass is 9.86. The maximum absolute atomic E-state index is 12.3. The number of carboxylic acid groups (broad SMARTS) is 2. The van der Waals surface area contributed by atoms with E-state index in [1.54, 1.807) is 18.2 Å². The second kappa shape index (κ2) is 8.43. The van der Waals surface area contributed by atoms with Crippen LogP contribution in [0.4, 0.5) is 0 Å². The van der Waals surface area contributed by atoms with E-state index in [0.29, 0.717) is 18.5 Å². The average molecular weight is 417 g/mol. The number of aromatic carboxylic acids is 1. The Balaban J connectivity index is 1.51. The number of benzene rings is 1. The third-order valence-corrected chi connectivity index (χ3v) is 5.00. The lowest BCUT2D eigenvalue weighted by Crippen LogP contribution is -2.36. The van der Waals surface area contributed by atoms with Crippen LogP contribution in [0.25, 0.3) is 0 Å². The van der Waals surface area contributed by atoms with Crippen LogP contribution in [0.3, 0.4) is 0 Å². The fourth-order valence-corrected chi connectivity index (χ4v) is 3.48. The Morgan fingerprint density at radius 3 is 2.70 bits per heavy atom. The van der Waals surface area contributed by atoms with Crippen molar-refractivity contribution in [2.45, 2.75) is 18.6 Å². The lowest BCUT2D eigenvalue weighted by Gasteiger charge is -2.19. The molecule has 1 saturated heterocycles. The van der Waals surface area contributed by atoms with Gasteiger partial charge in [0.15, 0.2) is 5.54 Å². The Morgan fingerprint density at radius 2 is 2.03 bits per heavy atom. The lowest BCUT2D eigenvalue weighted by molar-refractivity contribution is -0.419. The number of aliphatic carboxylic acids is 1. The summed E-state index contributed by atoms with van der Waals surface area (Å²) in [5, 5.41) is 29.5. The minimum Gasteiger partial charge on any atom is -0.481 e. The first kappa shape index (κ1) is 21.1. The number of carbonyl (C=O) groups excluding carboxylic acids is 1. The Hall–Kier alpha value is -3.57. The summed E-state index contributed by atoms with van der Waals surface area (Å²) in [5.74, 6) is -3.96. The molecule has 11 nitrogen and oxygen atoms in total. The van der Waals surface area contributed by atoms with Crippen LogP contribution in [0.5, 0.6) is 0 Å². The molecule has 3 rings (SSSR count). The predicted octanol–water partition coefficient (Wildman–Crippen LogP) is 0.808. The summed E-state index contributed by atoms with van der Waals surface area (Å²) in [7, 11) is 0. The minimum atomic E-state index is -1.52. The summed E-state index contributed by atoms with van der Waals surface area (Å²) < 4.78 is 0. The molecule has 2 aliphatic rings. The number of nitro groups is 1. The zero-order chi connectivity index (χ0) is 21.9. The molecular weight excluding hydrogens is 398 g/mol. The van der Waals surface area contributed by atoms with E-state index >= 15 is 0 Å². The highest BCUT2D eigenvalue weighted by molar-refractivity contribution is 6.09. The number of hydrogen-bond acceptors (Lipinski definition) is 7. The molecular formula is C19H19N3O8. The summed E-state index contributed by atoms with van der Waals surface area (Å²) in [6.45, 7) is 0.504. The fraction of sp³-hybridized carbons (Fsp3) is 0.316. The SMILES string of the molecule is O=C(O)c1ccccc1CONCCCN1C(=O)C12C=C([N+](=O)[O-])C=CC2C(=O)O. The second-order valence-electron chi connectivity index (χ2n) is 6.78. The molecule has 1 aliphatic carbocycles. The van der Waals surface area contributed by atoms with Crippen LogP contribution in [-0.2, 0) is 21.0 Å². The summed E-state index contributed by atoms with van der Waals surface area (Å²) in [4.78, 5) is 51.9. The van der Waals surface area contributed by atoms with Gasteiger partial charge in [0, 0.05) is 25.2 Å². The predicted molar refractivity (Wildman–Crippen MR) is 101 cm³/mol. The van der Waals surface area contributed by atoms with Gasteiger partial charge in [-0.2, -0.15) is 0 Å². The van der Waals surface area contributed by atoms with Gasteiger partial charge in [-0.1, -0.05) is 24.3 Å². The van der Waals surface area contributed by atoms with Gasteiger partial charge >= 0.3 is 11.9 Å². The quantitative estimate of drug-likeness (QED) is 0.217. The number of allylic oxidation sites excluding steroid dienone is 1. The topological polar surface area (TPSA) is 159 Å². The molecule has 0 radical (unpaired) electrons. The Kier molecular flexibility index (Phi) is 5.94. The molecule has 1 aliphatic heterocycles. The summed E-state index contributed by atoms with van der Waals surface area (Å²) in [6.07, 6.45) is 3.75. The maximum Gasteiger partial charge on any atom is 0.336 e. The number of nitrogens with one attached hydrogen (secondary N) is 1. The van der Waals surface area contributed by atoms with Crippen LogP contribution in [0.15, 0.2) is 48.2 Å². The Morgan fingerprint density at radius 1 is 1.30 bits per heavy atom. The van der Waals surface area contributed by atoms with Gasteiger partial charge < -0.3 is 15.1 Å². The minimum absolute atomic E-state index is 0.0237. The van der Waals surface area contributed by atoms with E-state index in [-0.39, 0.29) is 24.4 Å². The van der Waals surface area contributed by atoms with Crippen LogP contribution in [0, 0.1) is 16.0 Å². The number of hydrogen-bond donors (Lipinski definition) is 3. The van der Waals surface area contributed by atoms with Crippen LogP contribution in [0.1, 0.15) is 22.3 Å². The van der Waals surface area contributed by atoms with Crippen LogP contribution in [-0.4, -0.2) is 56.5 Å². The maximum atomic E-state index is 12.3. The van der Waals surface area contributed by atoms with Gasteiger partial charge in [0.05, 0.1) is 17.1 Å². The molecule has 1 fully saturated rings. The van der Waals surface area contributed by atoms with Crippen molar-refractivity contribution in [2.24, 2.45) is 5.92 Å². The number of nitrogens with zero attached hydrogens (tertiary/aromatic N) is 2. The van der Waals surface area contributed by atoms with Gasteiger partial charge in [0.1, 0.15) is 5.92 Å². The molecule has 1 heterocycles. The standard InChI is InChI=1S/C19H19N3O8/c23-16(24)14-5-2-1-4-12(14)11-30-20-8-3-9-21-18(27)19(21)10-13(22(28)29)6-7-15(19)17(25)26/h1-2,4-7,10,15,20H,3,8-9,11H2,(H,23,24)(H,25,26). The average Bonchev–Trinajstić information content (AvgIpc) is 3.25. The third-order valence-electron chi connectivity index (χ3n) is 5.00. The van der Waals surface area contributed by atoms with Gasteiger partial charge in [-0.25, -0.2) is 10.3 Å². The van der Waals surface area contributed by atoms with Crippen molar-refractivity contribution in [1.82, 2.24) is 10.4 Å². The number of carboxylic acids is 2. The number of hydroxylamine groups is 1. The van der Waals surface area contributed by atoms with Gasteiger partial charge in [0.2, 0.25) is 0 Å². The molecule has 3 N–H and O–H groups in total. The molecule has 1 aromatic carbocycles. The van der Waals surface area contributed by atoms with Crippen molar-refractivity contribution in [3.8, 4) is 0 Å². The molecule has 2 unspecified atom stereocenters. The third kappa shape index (κ3) is 3.93. The first-order valence-electron chi connectivity index (χ1n) is 9.05. The van der Waals surface area contributed by atoms with E-state index in [4.69, 9.17) is 9.94 Å². The normalized spacial score (nSPS) is 22.1. The van der Waals surface area contributed by atoms with Crippen LogP contribution in [0.2, 0.25) is 0 Å². The van der Waals surface area contributed by atoms with E-state index in [0.717, 1.165) is 12.2 Å². The van der Waals surface area contributed by atoms with E-state index in [9.17, 15) is 29.6 Å². The van der Waals surface area contributed by atoms with Crippen molar-refractivity contribution in [2.75, 3.05) is 13.1 Å². The van der Waals surface area contributed by atoms with E-state index < -0.39 is 34.2 Å². The molecule has 30 heavy (non-hydrogen) atoms. The van der Waals surface area contributed by atoms with Crippen molar-refractivity contribution in [1.29, 1.82) is 0 Å². The number of rotatable bonds is 10. The molecule has 0 saturated carbocycles. The first-order valence-corrected chi connectivity index (χ1v) is 9.05. The van der Waals surface area contributed by atoms with Crippen molar-refractivity contribution in [3.63, 3.8) is 0 Å². The highest BCUT2D eigenvalue weighted by Gasteiger charge is 2.68. The van der Waals surface area contributed by atoms with Crippen LogP contribution < -0.4 is 5.48 Å².